The number of benzene rings is 2. The highest BCUT2D eigenvalue weighted by Crippen LogP contribution is 2.37. The lowest BCUT2D eigenvalue weighted by Crippen LogP contribution is -2.18. The van der Waals surface area contributed by atoms with E-state index in [1.165, 1.54) is 6.26 Å². The van der Waals surface area contributed by atoms with E-state index in [4.69, 9.17) is 14.2 Å². The van der Waals surface area contributed by atoms with Crippen molar-refractivity contribution >= 4 is 21.2 Å². The van der Waals surface area contributed by atoms with Crippen LogP contribution in [-0.4, -0.2) is 39.7 Å². The third-order valence-corrected chi connectivity index (χ3v) is 6.37. The Morgan fingerprint density at radius 3 is 2.50 bits per heavy atom. The van der Waals surface area contributed by atoms with E-state index in [1.807, 2.05) is 36.5 Å². The molecule has 0 bridgehead atoms. The van der Waals surface area contributed by atoms with Gasteiger partial charge in [-0.3, -0.25) is 4.98 Å². The average molecular weight is 455 g/mol. The molecule has 7 nitrogen and oxygen atoms in total. The van der Waals surface area contributed by atoms with Crippen molar-refractivity contribution in [3.05, 3.63) is 72.6 Å². The first-order chi connectivity index (χ1) is 15.4. The number of anilines is 2. The monoisotopic (exact) mass is 454 g/mol. The van der Waals surface area contributed by atoms with E-state index in [0.29, 0.717) is 24.7 Å². The number of ether oxygens (including phenoxy) is 3. The number of pyridine rings is 1. The van der Waals surface area contributed by atoms with Gasteiger partial charge in [-0.1, -0.05) is 6.07 Å². The summed E-state index contributed by atoms with van der Waals surface area (Å²) in [5, 5.41) is 0. The number of nitrogens with zero attached hydrogens (tertiary/aromatic N) is 2. The van der Waals surface area contributed by atoms with Gasteiger partial charge in [0.05, 0.1) is 18.6 Å². The Kier molecular flexibility index (Phi) is 6.62. The van der Waals surface area contributed by atoms with E-state index < -0.39 is 9.84 Å². The fraction of sp³-hybridized carbons (Fsp3) is 0.292. The second-order valence-electron chi connectivity index (χ2n) is 7.61. The molecular weight excluding hydrogens is 428 g/mol. The lowest BCUT2D eigenvalue weighted by atomic mass is 10.2. The predicted molar refractivity (Wildman–Crippen MR) is 122 cm³/mol. The number of rotatable bonds is 8. The van der Waals surface area contributed by atoms with E-state index in [0.717, 1.165) is 29.8 Å². The lowest BCUT2D eigenvalue weighted by Gasteiger charge is -2.26. The highest BCUT2D eigenvalue weighted by atomic mass is 32.2. The minimum atomic E-state index is -3.28. The van der Waals surface area contributed by atoms with Gasteiger partial charge in [0.25, 0.3) is 0 Å². The third-order valence-electron chi connectivity index (χ3n) is 5.25. The van der Waals surface area contributed by atoms with Crippen molar-refractivity contribution in [2.75, 3.05) is 24.9 Å². The van der Waals surface area contributed by atoms with E-state index in [1.54, 1.807) is 37.6 Å². The largest absolute Gasteiger partial charge is 0.493 e. The Morgan fingerprint density at radius 2 is 1.88 bits per heavy atom. The van der Waals surface area contributed by atoms with Crippen molar-refractivity contribution in [1.82, 2.24) is 4.98 Å². The number of sulfone groups is 1. The van der Waals surface area contributed by atoms with Gasteiger partial charge >= 0.3 is 0 Å². The van der Waals surface area contributed by atoms with Gasteiger partial charge in [-0.25, -0.2) is 8.42 Å². The zero-order valence-corrected chi connectivity index (χ0v) is 18.9. The Hall–Kier alpha value is -3.10. The van der Waals surface area contributed by atoms with E-state index in [-0.39, 0.29) is 11.2 Å². The van der Waals surface area contributed by atoms with Crippen molar-refractivity contribution in [3.8, 4) is 11.5 Å². The first kappa shape index (κ1) is 22.1. The van der Waals surface area contributed by atoms with Gasteiger partial charge in [0, 0.05) is 49.1 Å². The molecule has 2 aromatic carbocycles. The maximum Gasteiger partial charge on any atom is 0.200 e. The quantitative estimate of drug-likeness (QED) is 0.501. The summed E-state index contributed by atoms with van der Waals surface area (Å²) in [5.41, 5.74) is 2.72. The normalized spacial score (nSPS) is 16.0. The van der Waals surface area contributed by atoms with Crippen LogP contribution in [0.1, 0.15) is 18.4 Å². The van der Waals surface area contributed by atoms with Gasteiger partial charge in [0.2, 0.25) is 0 Å². The molecule has 168 valence electrons. The standard InChI is InChI=1S/C24H26N2O5S/c1-29-22-12-9-20(15-23(22)31-24-6-4-14-30-24)26(17-18-5-3-13-25-16-18)19-7-10-21(11-8-19)32(2,27)28/h3,5,7-13,15-16,24H,4,6,14,17H2,1-2H3. The highest BCUT2D eigenvalue weighted by molar-refractivity contribution is 7.90. The summed E-state index contributed by atoms with van der Waals surface area (Å²) in [6.45, 7) is 1.23. The Labute approximate surface area is 188 Å². The number of aromatic nitrogens is 1. The van der Waals surface area contributed by atoms with Gasteiger partial charge in [-0.2, -0.15) is 0 Å². The second-order valence-corrected chi connectivity index (χ2v) is 9.62. The molecule has 0 aliphatic carbocycles. The van der Waals surface area contributed by atoms with Crippen LogP contribution in [0.2, 0.25) is 0 Å². The van der Waals surface area contributed by atoms with E-state index in [2.05, 4.69) is 9.88 Å². The van der Waals surface area contributed by atoms with Crippen molar-refractivity contribution in [2.45, 2.75) is 30.6 Å². The zero-order chi connectivity index (χ0) is 22.6. The molecular formula is C24H26N2O5S. The number of methoxy groups -OCH3 is 1. The molecule has 3 aromatic rings. The number of hydrogen-bond donors (Lipinski definition) is 0. The van der Waals surface area contributed by atoms with Gasteiger partial charge in [-0.05, 0) is 54.4 Å². The SMILES string of the molecule is COc1ccc(N(Cc2cccnc2)c2ccc(S(C)(=O)=O)cc2)cc1OC1CCCO1. The van der Waals surface area contributed by atoms with E-state index in [9.17, 15) is 8.42 Å². The molecule has 1 saturated heterocycles. The molecule has 8 heteroatoms. The van der Waals surface area contributed by atoms with Gasteiger partial charge in [0.1, 0.15) is 0 Å². The fourth-order valence-electron chi connectivity index (χ4n) is 3.59. The summed E-state index contributed by atoms with van der Waals surface area (Å²) in [6.07, 6.45) is 6.25. The molecule has 0 radical (unpaired) electrons. The molecule has 1 aliphatic heterocycles. The fourth-order valence-corrected chi connectivity index (χ4v) is 4.22. The Balaban J connectivity index is 1.72. The molecule has 0 spiro atoms. The summed E-state index contributed by atoms with van der Waals surface area (Å²) in [6, 6.07) is 16.5. The minimum Gasteiger partial charge on any atom is -0.493 e. The zero-order valence-electron chi connectivity index (χ0n) is 18.1. The van der Waals surface area contributed by atoms with Crippen LogP contribution >= 0.6 is 0 Å². The summed E-state index contributed by atoms with van der Waals surface area (Å²) in [4.78, 5) is 6.57. The Bertz CT molecular complexity index is 1140. The second kappa shape index (κ2) is 9.58. The first-order valence-electron chi connectivity index (χ1n) is 10.4. The number of hydrogen-bond acceptors (Lipinski definition) is 7. The van der Waals surface area contributed by atoms with Crippen LogP contribution in [0.15, 0.2) is 71.9 Å². The Morgan fingerprint density at radius 1 is 1.09 bits per heavy atom. The van der Waals surface area contributed by atoms with Gasteiger partial charge in [-0.15, -0.1) is 0 Å². The first-order valence-corrected chi connectivity index (χ1v) is 12.3. The molecule has 4 rings (SSSR count). The van der Waals surface area contributed by atoms with Crippen LogP contribution in [0.5, 0.6) is 11.5 Å². The molecule has 1 atom stereocenters. The molecule has 32 heavy (non-hydrogen) atoms. The third kappa shape index (κ3) is 5.20. The van der Waals surface area contributed by atoms with Gasteiger partial charge < -0.3 is 19.1 Å². The molecule has 1 aliphatic rings. The predicted octanol–water partition coefficient (Wildman–Crippen LogP) is 4.35. The van der Waals surface area contributed by atoms with Gasteiger partial charge in [0.15, 0.2) is 27.6 Å². The van der Waals surface area contributed by atoms with Crippen molar-refractivity contribution in [2.24, 2.45) is 0 Å². The maximum absolute atomic E-state index is 11.9. The van der Waals surface area contributed by atoms with Crippen LogP contribution < -0.4 is 14.4 Å². The summed E-state index contributed by atoms with van der Waals surface area (Å²) in [7, 11) is -1.67. The molecule has 1 aromatic heterocycles. The molecule has 0 saturated carbocycles. The van der Waals surface area contributed by atoms with Crippen LogP contribution in [-0.2, 0) is 21.1 Å². The van der Waals surface area contributed by atoms with Crippen molar-refractivity contribution < 1.29 is 22.6 Å². The summed E-state index contributed by atoms with van der Waals surface area (Å²) >= 11 is 0. The smallest absolute Gasteiger partial charge is 0.200 e. The molecule has 1 unspecified atom stereocenters. The summed E-state index contributed by atoms with van der Waals surface area (Å²) in [5.74, 6) is 1.22. The molecule has 0 amide bonds. The molecule has 0 N–H and O–H groups in total. The molecule has 2 heterocycles. The summed E-state index contributed by atoms with van der Waals surface area (Å²) < 4.78 is 41.0. The molecule has 1 fully saturated rings. The van der Waals surface area contributed by atoms with Crippen molar-refractivity contribution in [3.63, 3.8) is 0 Å². The average Bonchev–Trinajstić information content (AvgIpc) is 3.31. The topological polar surface area (TPSA) is 78.0 Å². The van der Waals surface area contributed by atoms with E-state index >= 15 is 0 Å². The van der Waals surface area contributed by atoms with Crippen LogP contribution in [0.25, 0.3) is 0 Å². The van der Waals surface area contributed by atoms with Crippen molar-refractivity contribution in [1.29, 1.82) is 0 Å². The highest BCUT2D eigenvalue weighted by Gasteiger charge is 2.21. The maximum atomic E-state index is 11.9. The van der Waals surface area contributed by atoms with Crippen LogP contribution in [0.4, 0.5) is 11.4 Å². The van der Waals surface area contributed by atoms with Crippen LogP contribution in [0.3, 0.4) is 0 Å². The van der Waals surface area contributed by atoms with Crippen LogP contribution in [0, 0.1) is 0 Å². The lowest BCUT2D eigenvalue weighted by molar-refractivity contribution is -0.0402. The minimum absolute atomic E-state index is 0.278.